The summed E-state index contributed by atoms with van der Waals surface area (Å²) >= 11 is 5.62. The molecule has 0 saturated heterocycles. The van der Waals surface area contributed by atoms with Crippen LogP contribution in [0.5, 0.6) is 0 Å². The van der Waals surface area contributed by atoms with E-state index in [2.05, 4.69) is 5.18 Å². The van der Waals surface area contributed by atoms with Crippen molar-refractivity contribution in [1.82, 2.24) is 0 Å². The highest BCUT2D eigenvalue weighted by Gasteiger charge is 2.17. The van der Waals surface area contributed by atoms with E-state index in [1.54, 1.807) is 24.3 Å². The molecule has 14 heavy (non-hydrogen) atoms. The zero-order valence-electron chi connectivity index (χ0n) is 7.09. The predicted octanol–water partition coefficient (Wildman–Crippen LogP) is 2.42. The van der Waals surface area contributed by atoms with E-state index in [0.29, 0.717) is 10.6 Å². The van der Waals surface area contributed by atoms with Gasteiger partial charge in [-0.3, -0.25) is 10.1 Å². The molecule has 0 spiro atoms. The van der Waals surface area contributed by atoms with Crippen LogP contribution < -0.4 is 0 Å². The second kappa shape index (κ2) is 4.66. The molecule has 0 N–H and O–H groups in total. The van der Waals surface area contributed by atoms with Crippen molar-refractivity contribution >= 4 is 11.6 Å². The number of halogens is 1. The van der Waals surface area contributed by atoms with Crippen LogP contribution in [-0.2, 0) is 0 Å². The third-order valence-corrected chi connectivity index (χ3v) is 1.96. The maximum atomic E-state index is 10.3. The monoisotopic (exact) mass is 214 g/mol. The van der Waals surface area contributed by atoms with Crippen LogP contribution in [-0.4, -0.2) is 11.5 Å². The van der Waals surface area contributed by atoms with Crippen LogP contribution >= 0.6 is 11.6 Å². The average molecular weight is 215 g/mol. The van der Waals surface area contributed by atoms with Crippen LogP contribution in [0.2, 0.25) is 5.02 Å². The number of nitrogens with zero attached hydrogens (tertiary/aromatic N) is 2. The molecule has 0 aliphatic rings. The highest BCUT2D eigenvalue weighted by atomic mass is 35.5. The van der Waals surface area contributed by atoms with E-state index in [9.17, 15) is 15.0 Å². The van der Waals surface area contributed by atoms with E-state index in [1.165, 1.54) is 0 Å². The number of nitro groups is 1. The lowest BCUT2D eigenvalue weighted by Crippen LogP contribution is -2.09. The zero-order valence-corrected chi connectivity index (χ0v) is 7.85. The molecule has 0 aromatic heterocycles. The molecule has 0 aliphatic heterocycles. The Balaban J connectivity index is 2.84. The molecule has 1 atom stereocenters. The summed E-state index contributed by atoms with van der Waals surface area (Å²) in [5, 5.41) is 13.4. The average Bonchev–Trinajstić information content (AvgIpc) is 2.15. The normalized spacial score (nSPS) is 12.1. The summed E-state index contributed by atoms with van der Waals surface area (Å²) in [6.07, 6.45) is 0. The van der Waals surface area contributed by atoms with E-state index < -0.39 is 17.5 Å². The van der Waals surface area contributed by atoms with Crippen molar-refractivity contribution in [3.05, 3.63) is 49.9 Å². The van der Waals surface area contributed by atoms with Gasteiger partial charge in [-0.05, 0) is 17.7 Å². The van der Waals surface area contributed by atoms with Crippen LogP contribution in [0.25, 0.3) is 0 Å². The van der Waals surface area contributed by atoms with Crippen molar-refractivity contribution in [2.24, 2.45) is 5.18 Å². The molecule has 0 bridgehead atoms. The van der Waals surface area contributed by atoms with Gasteiger partial charge in [-0.25, -0.2) is 0 Å². The van der Waals surface area contributed by atoms with Gasteiger partial charge >= 0.3 is 0 Å². The van der Waals surface area contributed by atoms with Crippen LogP contribution in [0.3, 0.4) is 0 Å². The van der Waals surface area contributed by atoms with Gasteiger partial charge in [-0.1, -0.05) is 28.9 Å². The second-order valence-corrected chi connectivity index (χ2v) is 3.12. The highest BCUT2D eigenvalue weighted by Crippen LogP contribution is 2.19. The molecule has 0 amide bonds. The lowest BCUT2D eigenvalue weighted by Gasteiger charge is -2.03. The smallest absolute Gasteiger partial charge is 0.233 e. The molecule has 74 valence electrons. The van der Waals surface area contributed by atoms with Gasteiger partial charge < -0.3 is 0 Å². The Bertz CT molecular complexity index is 339. The van der Waals surface area contributed by atoms with Crippen molar-refractivity contribution in [2.75, 3.05) is 6.54 Å². The Morgan fingerprint density at radius 1 is 1.43 bits per heavy atom. The van der Waals surface area contributed by atoms with Gasteiger partial charge in [0, 0.05) is 9.95 Å². The van der Waals surface area contributed by atoms with Crippen LogP contribution in [0.15, 0.2) is 29.4 Å². The number of rotatable bonds is 4. The van der Waals surface area contributed by atoms with Crippen LogP contribution in [0.1, 0.15) is 11.6 Å². The standard InChI is InChI=1S/C8H7ClN2O3/c9-7-3-1-6(2-4-7)8(10-12)5-11(13)14/h1-4,8H,5H2. The Morgan fingerprint density at radius 2 is 2.00 bits per heavy atom. The largest absolute Gasteiger partial charge is 0.264 e. The van der Waals surface area contributed by atoms with Gasteiger partial charge in [-0.15, -0.1) is 4.91 Å². The van der Waals surface area contributed by atoms with E-state index >= 15 is 0 Å². The summed E-state index contributed by atoms with van der Waals surface area (Å²) < 4.78 is 0. The number of nitroso groups, excluding NO2 is 1. The molecule has 1 aromatic rings. The third-order valence-electron chi connectivity index (χ3n) is 1.70. The first-order valence-electron chi connectivity index (χ1n) is 3.83. The molecule has 6 heteroatoms. The quantitative estimate of drug-likeness (QED) is 0.439. The minimum atomic E-state index is -0.942. The van der Waals surface area contributed by atoms with Gasteiger partial charge in [0.25, 0.3) is 0 Å². The molecular weight excluding hydrogens is 208 g/mol. The minimum Gasteiger partial charge on any atom is -0.264 e. The molecule has 1 aromatic carbocycles. The number of benzene rings is 1. The van der Waals surface area contributed by atoms with E-state index in [-0.39, 0.29) is 0 Å². The summed E-state index contributed by atoms with van der Waals surface area (Å²) in [4.78, 5) is 20.0. The first kappa shape index (κ1) is 10.6. The highest BCUT2D eigenvalue weighted by molar-refractivity contribution is 6.30. The van der Waals surface area contributed by atoms with Crippen molar-refractivity contribution in [1.29, 1.82) is 0 Å². The molecule has 5 nitrogen and oxygen atoms in total. The fraction of sp³-hybridized carbons (Fsp3) is 0.250. The molecule has 0 radical (unpaired) electrons. The lowest BCUT2D eigenvalue weighted by molar-refractivity contribution is -0.483. The van der Waals surface area contributed by atoms with Crippen molar-refractivity contribution in [2.45, 2.75) is 6.04 Å². The first-order chi connectivity index (χ1) is 6.63. The van der Waals surface area contributed by atoms with Gasteiger partial charge in [-0.2, -0.15) is 0 Å². The summed E-state index contributed by atoms with van der Waals surface area (Å²) in [6, 6.07) is 5.29. The maximum Gasteiger partial charge on any atom is 0.233 e. The van der Waals surface area contributed by atoms with E-state index in [0.717, 1.165) is 0 Å². The third kappa shape index (κ3) is 2.77. The maximum absolute atomic E-state index is 10.3. The Morgan fingerprint density at radius 3 is 2.43 bits per heavy atom. The van der Waals surface area contributed by atoms with Gasteiger partial charge in [0.05, 0.1) is 0 Å². The first-order valence-corrected chi connectivity index (χ1v) is 4.21. The zero-order chi connectivity index (χ0) is 10.6. The molecule has 0 fully saturated rings. The Labute approximate surface area is 84.8 Å². The van der Waals surface area contributed by atoms with Gasteiger partial charge in [0.15, 0.2) is 6.04 Å². The minimum absolute atomic E-state index is 0.495. The SMILES string of the molecule is O=NC(C[N+](=O)[O-])c1ccc(Cl)cc1. The molecule has 1 unspecified atom stereocenters. The summed E-state index contributed by atoms with van der Waals surface area (Å²) in [6.45, 7) is -0.495. The predicted molar refractivity (Wildman–Crippen MR) is 51.8 cm³/mol. The number of hydrogen-bond acceptors (Lipinski definition) is 4. The Hall–Kier alpha value is -1.49. The molecule has 1 rings (SSSR count). The Kier molecular flexibility index (Phi) is 3.53. The van der Waals surface area contributed by atoms with Crippen LogP contribution in [0.4, 0.5) is 0 Å². The topological polar surface area (TPSA) is 72.6 Å². The molecular formula is C8H7ClN2O3. The fourth-order valence-electron chi connectivity index (χ4n) is 1.03. The summed E-state index contributed by atoms with van der Waals surface area (Å²) in [5.74, 6) is 0. The fourth-order valence-corrected chi connectivity index (χ4v) is 1.15. The van der Waals surface area contributed by atoms with E-state index in [4.69, 9.17) is 11.6 Å². The molecule has 0 aliphatic carbocycles. The second-order valence-electron chi connectivity index (χ2n) is 2.69. The van der Waals surface area contributed by atoms with Crippen molar-refractivity contribution in [3.63, 3.8) is 0 Å². The van der Waals surface area contributed by atoms with E-state index in [1.807, 2.05) is 0 Å². The van der Waals surface area contributed by atoms with Crippen LogP contribution in [0, 0.1) is 15.0 Å². The molecule has 0 heterocycles. The number of hydrogen-bond donors (Lipinski definition) is 0. The summed E-state index contributed by atoms with van der Waals surface area (Å²) in [5.41, 5.74) is 0.501. The van der Waals surface area contributed by atoms with Gasteiger partial charge in [0.2, 0.25) is 6.54 Å². The van der Waals surface area contributed by atoms with Gasteiger partial charge in [0.1, 0.15) is 0 Å². The van der Waals surface area contributed by atoms with Crippen molar-refractivity contribution < 1.29 is 4.92 Å². The molecule has 0 saturated carbocycles. The lowest BCUT2D eigenvalue weighted by atomic mass is 10.1. The summed E-state index contributed by atoms with van der Waals surface area (Å²) in [7, 11) is 0. The van der Waals surface area contributed by atoms with Crippen molar-refractivity contribution in [3.8, 4) is 0 Å².